The van der Waals surface area contributed by atoms with E-state index in [1.165, 1.54) is 0 Å². The average molecular weight is 250 g/mol. The molecule has 1 rings (SSSR count). The molecule has 18 heavy (non-hydrogen) atoms. The second kappa shape index (κ2) is 7.01. The van der Waals surface area contributed by atoms with Gasteiger partial charge < -0.3 is 15.8 Å². The van der Waals surface area contributed by atoms with E-state index in [1.54, 1.807) is 7.11 Å². The number of ether oxygens (including phenoxy) is 1. The van der Waals surface area contributed by atoms with Crippen LogP contribution in [0.25, 0.3) is 0 Å². The average Bonchev–Trinajstić information content (AvgIpc) is 2.35. The Hall–Kier alpha value is -1.55. The zero-order valence-corrected chi connectivity index (χ0v) is 11.3. The molecule has 0 radical (unpaired) electrons. The van der Waals surface area contributed by atoms with E-state index < -0.39 is 0 Å². The molecule has 2 atom stereocenters. The first-order valence-electron chi connectivity index (χ1n) is 6.20. The molecule has 4 heteroatoms. The highest BCUT2D eigenvalue weighted by Crippen LogP contribution is 2.15. The number of nitrogens with one attached hydrogen (secondary N) is 1. The first-order chi connectivity index (χ1) is 8.52. The molecular weight excluding hydrogens is 228 g/mol. The Kier molecular flexibility index (Phi) is 5.65. The maximum absolute atomic E-state index is 11.7. The molecule has 0 fully saturated rings. The number of nitrogens with two attached hydrogens (primary N) is 1. The van der Waals surface area contributed by atoms with E-state index in [0.717, 1.165) is 12.0 Å². The molecule has 1 amide bonds. The van der Waals surface area contributed by atoms with Crippen molar-refractivity contribution < 1.29 is 9.53 Å². The minimum atomic E-state index is -0.0288. The molecule has 4 nitrogen and oxygen atoms in total. The Balaban J connectivity index is 2.44. The van der Waals surface area contributed by atoms with Crippen LogP contribution in [0.4, 0.5) is 5.69 Å². The monoisotopic (exact) mass is 250 g/mol. The predicted octanol–water partition coefficient (Wildman–Crippen LogP) is 2.26. The van der Waals surface area contributed by atoms with Crippen LogP contribution in [0.2, 0.25) is 0 Å². The number of nitrogen functional groups attached to an aromatic ring is 1. The zero-order valence-electron chi connectivity index (χ0n) is 11.3. The fourth-order valence-corrected chi connectivity index (χ4v) is 1.68. The van der Waals surface area contributed by atoms with Crippen molar-refractivity contribution in [3.8, 4) is 0 Å². The summed E-state index contributed by atoms with van der Waals surface area (Å²) in [7, 11) is 1.65. The van der Waals surface area contributed by atoms with Crippen LogP contribution in [-0.2, 0) is 9.53 Å². The van der Waals surface area contributed by atoms with Crippen molar-refractivity contribution in [2.24, 2.45) is 0 Å². The van der Waals surface area contributed by atoms with Crippen LogP contribution in [0, 0.1) is 0 Å². The third-order valence-corrected chi connectivity index (χ3v) is 2.97. The van der Waals surface area contributed by atoms with Gasteiger partial charge in [-0.25, -0.2) is 0 Å². The fourth-order valence-electron chi connectivity index (χ4n) is 1.68. The Morgan fingerprint density at radius 3 is 2.78 bits per heavy atom. The first-order valence-corrected chi connectivity index (χ1v) is 6.20. The molecule has 0 aliphatic rings. The summed E-state index contributed by atoms with van der Waals surface area (Å²) in [5.41, 5.74) is 7.44. The van der Waals surface area contributed by atoms with Gasteiger partial charge in [0.2, 0.25) is 5.91 Å². The van der Waals surface area contributed by atoms with Crippen molar-refractivity contribution in [1.29, 1.82) is 0 Å². The molecule has 3 N–H and O–H groups in total. The lowest BCUT2D eigenvalue weighted by molar-refractivity contribution is -0.122. The van der Waals surface area contributed by atoms with Crippen LogP contribution in [0.15, 0.2) is 24.3 Å². The molecule has 1 aromatic rings. The Morgan fingerprint density at radius 1 is 1.44 bits per heavy atom. The van der Waals surface area contributed by atoms with Gasteiger partial charge >= 0.3 is 0 Å². The maximum atomic E-state index is 11.7. The summed E-state index contributed by atoms with van der Waals surface area (Å²) < 4.78 is 5.11. The Morgan fingerprint density at radius 2 is 2.17 bits per heavy atom. The number of benzene rings is 1. The normalized spacial score (nSPS) is 13.9. The van der Waals surface area contributed by atoms with E-state index in [4.69, 9.17) is 10.5 Å². The summed E-state index contributed by atoms with van der Waals surface area (Å²) in [6.07, 6.45) is 1.31. The summed E-state index contributed by atoms with van der Waals surface area (Å²) in [6.45, 7) is 3.90. The molecule has 0 heterocycles. The second-order valence-electron chi connectivity index (χ2n) is 4.54. The highest BCUT2D eigenvalue weighted by Gasteiger charge is 2.10. The predicted molar refractivity (Wildman–Crippen MR) is 73.1 cm³/mol. The van der Waals surface area contributed by atoms with Crippen LogP contribution in [-0.4, -0.2) is 19.1 Å². The van der Waals surface area contributed by atoms with E-state index in [1.807, 2.05) is 38.1 Å². The van der Waals surface area contributed by atoms with Crippen LogP contribution >= 0.6 is 0 Å². The molecular formula is C14H22N2O2. The number of rotatable bonds is 6. The number of methoxy groups -OCH3 is 1. The van der Waals surface area contributed by atoms with E-state index in [0.29, 0.717) is 12.1 Å². The number of amides is 1. The standard InChI is InChI=1S/C14H22N2O2/c1-10(18-3)7-8-14(17)16-11(2)12-5-4-6-13(15)9-12/h4-6,9-11H,7-8,15H2,1-3H3,(H,16,17). The molecule has 0 spiro atoms. The minimum Gasteiger partial charge on any atom is -0.399 e. The van der Waals surface area contributed by atoms with Gasteiger partial charge in [0.15, 0.2) is 0 Å². The molecule has 0 bridgehead atoms. The Labute approximate surface area is 109 Å². The zero-order chi connectivity index (χ0) is 13.5. The van der Waals surface area contributed by atoms with Gasteiger partial charge in [0.25, 0.3) is 0 Å². The van der Waals surface area contributed by atoms with Crippen molar-refractivity contribution in [3.63, 3.8) is 0 Å². The van der Waals surface area contributed by atoms with Crippen molar-refractivity contribution >= 4 is 11.6 Å². The van der Waals surface area contributed by atoms with Crippen molar-refractivity contribution in [1.82, 2.24) is 5.32 Å². The van der Waals surface area contributed by atoms with Gasteiger partial charge in [-0.15, -0.1) is 0 Å². The van der Waals surface area contributed by atoms with Gasteiger partial charge in [0.1, 0.15) is 0 Å². The van der Waals surface area contributed by atoms with Crippen molar-refractivity contribution in [2.45, 2.75) is 38.8 Å². The SMILES string of the molecule is COC(C)CCC(=O)NC(C)c1cccc(N)c1. The lowest BCUT2D eigenvalue weighted by Gasteiger charge is -2.15. The van der Waals surface area contributed by atoms with Crippen LogP contribution < -0.4 is 11.1 Å². The quantitative estimate of drug-likeness (QED) is 0.761. The molecule has 100 valence electrons. The van der Waals surface area contributed by atoms with Crippen LogP contribution in [0.3, 0.4) is 0 Å². The molecule has 2 unspecified atom stereocenters. The van der Waals surface area contributed by atoms with E-state index >= 15 is 0 Å². The maximum Gasteiger partial charge on any atom is 0.220 e. The third-order valence-electron chi connectivity index (χ3n) is 2.97. The Bertz CT molecular complexity index is 393. The smallest absolute Gasteiger partial charge is 0.220 e. The van der Waals surface area contributed by atoms with Gasteiger partial charge in [-0.1, -0.05) is 12.1 Å². The topological polar surface area (TPSA) is 64.3 Å². The molecule has 0 saturated heterocycles. The lowest BCUT2D eigenvalue weighted by Crippen LogP contribution is -2.27. The van der Waals surface area contributed by atoms with E-state index in [2.05, 4.69) is 5.32 Å². The summed E-state index contributed by atoms with van der Waals surface area (Å²) in [4.78, 5) is 11.7. The summed E-state index contributed by atoms with van der Waals surface area (Å²) in [5.74, 6) is 0.0359. The molecule has 0 aromatic heterocycles. The largest absolute Gasteiger partial charge is 0.399 e. The summed E-state index contributed by atoms with van der Waals surface area (Å²) in [5, 5.41) is 2.95. The minimum absolute atomic E-state index is 0.0288. The van der Waals surface area contributed by atoms with Gasteiger partial charge in [0, 0.05) is 19.2 Å². The number of carbonyl (C=O) groups is 1. The lowest BCUT2D eigenvalue weighted by atomic mass is 10.1. The number of hydrogen-bond donors (Lipinski definition) is 2. The highest BCUT2D eigenvalue weighted by molar-refractivity contribution is 5.76. The number of hydrogen-bond acceptors (Lipinski definition) is 3. The van der Waals surface area contributed by atoms with E-state index in [9.17, 15) is 4.79 Å². The first kappa shape index (κ1) is 14.5. The van der Waals surface area contributed by atoms with Gasteiger partial charge in [0.05, 0.1) is 12.1 Å². The van der Waals surface area contributed by atoms with Crippen LogP contribution in [0.1, 0.15) is 38.3 Å². The van der Waals surface area contributed by atoms with Gasteiger partial charge in [-0.05, 0) is 38.0 Å². The number of anilines is 1. The summed E-state index contributed by atoms with van der Waals surface area (Å²) in [6, 6.07) is 7.53. The van der Waals surface area contributed by atoms with Crippen LogP contribution in [0.5, 0.6) is 0 Å². The molecule has 0 saturated carbocycles. The summed E-state index contributed by atoms with van der Waals surface area (Å²) >= 11 is 0. The van der Waals surface area contributed by atoms with E-state index in [-0.39, 0.29) is 18.1 Å². The van der Waals surface area contributed by atoms with Gasteiger partial charge in [-0.2, -0.15) is 0 Å². The van der Waals surface area contributed by atoms with Gasteiger partial charge in [-0.3, -0.25) is 4.79 Å². The van der Waals surface area contributed by atoms with Crippen molar-refractivity contribution in [3.05, 3.63) is 29.8 Å². The number of carbonyl (C=O) groups excluding carboxylic acids is 1. The molecule has 0 aliphatic carbocycles. The van der Waals surface area contributed by atoms with Crippen molar-refractivity contribution in [2.75, 3.05) is 12.8 Å². The fraction of sp³-hybridized carbons (Fsp3) is 0.500. The third kappa shape index (κ3) is 4.75. The molecule has 1 aromatic carbocycles. The second-order valence-corrected chi connectivity index (χ2v) is 4.54. The highest BCUT2D eigenvalue weighted by atomic mass is 16.5. The molecule has 0 aliphatic heterocycles.